The number of nitrogens with zero attached hydrogens (tertiary/aromatic N) is 3. The van der Waals surface area contributed by atoms with Crippen LogP contribution < -0.4 is 4.74 Å². The molecule has 2 aromatic rings. The number of rotatable bonds is 6. The zero-order chi connectivity index (χ0) is 20.1. The van der Waals surface area contributed by atoms with Gasteiger partial charge in [-0.25, -0.2) is 5.01 Å². The third-order valence-corrected chi connectivity index (χ3v) is 5.86. The Balaban J connectivity index is 1.52. The van der Waals surface area contributed by atoms with E-state index in [4.69, 9.17) is 9.84 Å². The van der Waals surface area contributed by atoms with Crippen LogP contribution in [0, 0.1) is 0 Å². The summed E-state index contributed by atoms with van der Waals surface area (Å²) >= 11 is 0. The molecule has 29 heavy (non-hydrogen) atoms. The molecular formula is C24H29N3O2. The lowest BCUT2D eigenvalue weighted by atomic mass is 9.98. The first-order valence-electron chi connectivity index (χ1n) is 10.6. The summed E-state index contributed by atoms with van der Waals surface area (Å²) < 4.78 is 5.26. The van der Waals surface area contributed by atoms with Crippen molar-refractivity contribution in [3.05, 3.63) is 65.7 Å². The molecule has 0 aliphatic carbocycles. The predicted octanol–water partition coefficient (Wildman–Crippen LogP) is 4.25. The van der Waals surface area contributed by atoms with Crippen molar-refractivity contribution in [2.45, 2.75) is 38.1 Å². The molecule has 2 heterocycles. The number of amides is 1. The van der Waals surface area contributed by atoms with Crippen LogP contribution in [0.25, 0.3) is 0 Å². The minimum absolute atomic E-state index is 0.0397. The fourth-order valence-corrected chi connectivity index (χ4v) is 4.18. The molecule has 1 atom stereocenters. The maximum atomic E-state index is 13.1. The van der Waals surface area contributed by atoms with Crippen LogP contribution in [0.3, 0.4) is 0 Å². The van der Waals surface area contributed by atoms with Gasteiger partial charge in [0.05, 0.1) is 18.9 Å². The molecule has 2 aliphatic rings. The molecule has 0 spiro atoms. The lowest BCUT2D eigenvalue weighted by Gasteiger charge is -2.27. The van der Waals surface area contributed by atoms with Crippen molar-refractivity contribution in [3.8, 4) is 5.75 Å². The number of methoxy groups -OCH3 is 1. The van der Waals surface area contributed by atoms with Gasteiger partial charge in [0.2, 0.25) is 5.91 Å². The van der Waals surface area contributed by atoms with Crippen LogP contribution in [-0.2, 0) is 4.79 Å². The van der Waals surface area contributed by atoms with Crippen LogP contribution in [0.1, 0.15) is 49.3 Å². The van der Waals surface area contributed by atoms with E-state index in [1.807, 2.05) is 42.5 Å². The zero-order valence-corrected chi connectivity index (χ0v) is 17.1. The number of ether oxygens (including phenoxy) is 1. The van der Waals surface area contributed by atoms with E-state index in [0.29, 0.717) is 6.42 Å². The summed E-state index contributed by atoms with van der Waals surface area (Å²) in [6.07, 6.45) is 5.03. The Bertz CT molecular complexity index is 842. The number of likely N-dealkylation sites (tertiary alicyclic amines) is 1. The molecule has 1 amide bonds. The first-order chi connectivity index (χ1) is 14.2. The molecule has 152 valence electrons. The molecule has 0 saturated carbocycles. The molecule has 0 radical (unpaired) electrons. The molecule has 2 aromatic carbocycles. The van der Waals surface area contributed by atoms with Gasteiger partial charge in [0.15, 0.2) is 0 Å². The van der Waals surface area contributed by atoms with Crippen LogP contribution in [0.5, 0.6) is 5.75 Å². The van der Waals surface area contributed by atoms with Crippen LogP contribution in [-0.4, -0.2) is 48.3 Å². The quantitative estimate of drug-likeness (QED) is 0.740. The lowest BCUT2D eigenvalue weighted by molar-refractivity contribution is -0.133. The maximum absolute atomic E-state index is 13.1. The highest BCUT2D eigenvalue weighted by Crippen LogP contribution is 2.33. The minimum Gasteiger partial charge on any atom is -0.497 e. The van der Waals surface area contributed by atoms with Gasteiger partial charge >= 0.3 is 0 Å². The van der Waals surface area contributed by atoms with Gasteiger partial charge in [0.1, 0.15) is 5.75 Å². The second kappa shape index (κ2) is 9.23. The molecular weight excluding hydrogens is 362 g/mol. The van der Waals surface area contributed by atoms with Gasteiger partial charge < -0.3 is 9.64 Å². The highest BCUT2D eigenvalue weighted by atomic mass is 16.5. The van der Waals surface area contributed by atoms with Crippen molar-refractivity contribution in [3.63, 3.8) is 0 Å². The molecule has 0 N–H and O–H groups in total. The third-order valence-electron chi connectivity index (χ3n) is 5.86. The second-order valence-electron chi connectivity index (χ2n) is 7.80. The number of carbonyl (C=O) groups is 1. The summed E-state index contributed by atoms with van der Waals surface area (Å²) in [6.45, 7) is 3.04. The van der Waals surface area contributed by atoms with Gasteiger partial charge in [-0.3, -0.25) is 4.79 Å². The summed E-state index contributed by atoms with van der Waals surface area (Å²) in [6, 6.07) is 18.1. The van der Waals surface area contributed by atoms with Crippen LogP contribution in [0.4, 0.5) is 0 Å². The fraction of sp³-hybridized carbons (Fsp3) is 0.417. The number of hydrogen-bond acceptors (Lipinski definition) is 4. The van der Waals surface area contributed by atoms with E-state index in [2.05, 4.69) is 17.0 Å². The normalized spacial score (nSPS) is 19.8. The van der Waals surface area contributed by atoms with Gasteiger partial charge in [-0.15, -0.1) is 0 Å². The highest BCUT2D eigenvalue weighted by molar-refractivity contribution is 6.03. The maximum Gasteiger partial charge on any atom is 0.244 e. The Hall–Kier alpha value is -2.66. The van der Waals surface area contributed by atoms with Gasteiger partial charge in [0.25, 0.3) is 0 Å². The Labute approximate surface area is 173 Å². The Morgan fingerprint density at radius 2 is 1.76 bits per heavy atom. The molecule has 2 aliphatic heterocycles. The summed E-state index contributed by atoms with van der Waals surface area (Å²) in [5.41, 5.74) is 3.12. The molecule has 5 heteroatoms. The van der Waals surface area contributed by atoms with Crippen molar-refractivity contribution < 1.29 is 9.53 Å². The summed E-state index contributed by atoms with van der Waals surface area (Å²) in [4.78, 5) is 15.5. The van der Waals surface area contributed by atoms with Gasteiger partial charge in [-0.05, 0) is 61.3 Å². The molecule has 1 fully saturated rings. The van der Waals surface area contributed by atoms with Crippen molar-refractivity contribution in [1.29, 1.82) is 0 Å². The van der Waals surface area contributed by atoms with Gasteiger partial charge in [-0.1, -0.05) is 36.8 Å². The molecule has 1 unspecified atom stereocenters. The molecule has 0 aromatic heterocycles. The largest absolute Gasteiger partial charge is 0.497 e. The topological polar surface area (TPSA) is 45.1 Å². The number of hydrazone groups is 1. The number of carbonyl (C=O) groups excluding carboxylic acids is 1. The van der Waals surface area contributed by atoms with Crippen LogP contribution >= 0.6 is 0 Å². The SMILES string of the molecule is COc1ccc(C2=NN(C(=O)CCN3CCCCC3)C(c3ccccc3)C2)cc1. The molecule has 4 rings (SSSR count). The van der Waals surface area contributed by atoms with Crippen molar-refractivity contribution in [2.24, 2.45) is 5.10 Å². The first-order valence-corrected chi connectivity index (χ1v) is 10.6. The first kappa shape index (κ1) is 19.6. The lowest BCUT2D eigenvalue weighted by Crippen LogP contribution is -2.35. The smallest absolute Gasteiger partial charge is 0.244 e. The number of benzene rings is 2. The van der Waals surface area contributed by atoms with E-state index in [1.165, 1.54) is 19.3 Å². The Morgan fingerprint density at radius 3 is 2.45 bits per heavy atom. The summed E-state index contributed by atoms with van der Waals surface area (Å²) in [7, 11) is 1.66. The van der Waals surface area contributed by atoms with Crippen LogP contribution in [0.2, 0.25) is 0 Å². The van der Waals surface area contributed by atoms with E-state index in [1.54, 1.807) is 12.1 Å². The molecule has 0 bridgehead atoms. The van der Waals surface area contributed by atoms with Gasteiger partial charge in [-0.2, -0.15) is 5.10 Å². The van der Waals surface area contributed by atoms with E-state index in [-0.39, 0.29) is 11.9 Å². The van der Waals surface area contributed by atoms with Gasteiger partial charge in [0, 0.05) is 19.4 Å². The Morgan fingerprint density at radius 1 is 1.03 bits per heavy atom. The zero-order valence-electron chi connectivity index (χ0n) is 17.1. The van der Waals surface area contributed by atoms with Crippen LogP contribution in [0.15, 0.2) is 59.7 Å². The minimum atomic E-state index is -0.0397. The summed E-state index contributed by atoms with van der Waals surface area (Å²) in [5.74, 6) is 0.925. The standard InChI is InChI=1S/C24H29N3O2/c1-29-21-12-10-19(11-13-21)22-18-23(20-8-4-2-5-9-20)27(25-22)24(28)14-17-26-15-6-3-7-16-26/h2,4-5,8-13,23H,3,6-7,14-18H2,1H3. The predicted molar refractivity (Wildman–Crippen MR) is 115 cm³/mol. The van der Waals surface area contributed by atoms with Crippen molar-refractivity contribution in [2.75, 3.05) is 26.7 Å². The number of piperidine rings is 1. The van der Waals surface area contributed by atoms with E-state index >= 15 is 0 Å². The van der Waals surface area contributed by atoms with E-state index < -0.39 is 0 Å². The average Bonchev–Trinajstić information content (AvgIpc) is 3.24. The summed E-state index contributed by atoms with van der Waals surface area (Å²) in [5, 5.41) is 6.50. The second-order valence-corrected chi connectivity index (χ2v) is 7.80. The molecule has 1 saturated heterocycles. The van der Waals surface area contributed by atoms with Crippen molar-refractivity contribution >= 4 is 11.6 Å². The van der Waals surface area contributed by atoms with Crippen molar-refractivity contribution in [1.82, 2.24) is 9.91 Å². The van der Waals surface area contributed by atoms with E-state index in [9.17, 15) is 4.79 Å². The number of hydrogen-bond donors (Lipinski definition) is 0. The average molecular weight is 392 g/mol. The molecule has 5 nitrogen and oxygen atoms in total. The fourth-order valence-electron chi connectivity index (χ4n) is 4.18. The monoisotopic (exact) mass is 391 g/mol. The Kier molecular flexibility index (Phi) is 6.25. The third kappa shape index (κ3) is 4.67. The van der Waals surface area contributed by atoms with E-state index in [0.717, 1.165) is 48.6 Å². The highest BCUT2D eigenvalue weighted by Gasteiger charge is 2.33.